The molecule has 3 aromatic rings. The van der Waals surface area contributed by atoms with Crippen LogP contribution in [0.4, 0.5) is 0 Å². The van der Waals surface area contributed by atoms with E-state index in [1.165, 1.54) is 6.42 Å². The average molecular weight is 334 g/mol. The lowest BCUT2D eigenvalue weighted by Gasteiger charge is -2.22. The molecule has 0 aliphatic carbocycles. The van der Waals surface area contributed by atoms with Crippen molar-refractivity contribution in [2.75, 3.05) is 0 Å². The maximum Gasteiger partial charge on any atom is 0.0964 e. The molecule has 128 valence electrons. The van der Waals surface area contributed by atoms with E-state index in [2.05, 4.69) is 47.1 Å². The summed E-state index contributed by atoms with van der Waals surface area (Å²) in [6.45, 7) is 2.07. The van der Waals surface area contributed by atoms with Crippen molar-refractivity contribution >= 4 is 0 Å². The van der Waals surface area contributed by atoms with E-state index >= 15 is 0 Å². The quantitative estimate of drug-likeness (QED) is 0.733. The minimum Gasteiger partial charge on any atom is -0.373 e. The van der Waals surface area contributed by atoms with Gasteiger partial charge in [-0.05, 0) is 26.2 Å². The Kier molecular flexibility index (Phi) is 3.31. The Morgan fingerprint density at radius 3 is 2.64 bits per heavy atom. The number of hydrogen-bond donors (Lipinski definition) is 0. The van der Waals surface area contributed by atoms with Gasteiger partial charge >= 0.3 is 0 Å². The van der Waals surface area contributed by atoms with Gasteiger partial charge in [-0.1, -0.05) is 30.3 Å². The number of aryl methyl sites for hydroxylation is 2. The lowest BCUT2D eigenvalue weighted by Crippen LogP contribution is -2.21. The molecule has 1 aromatic carbocycles. The van der Waals surface area contributed by atoms with Crippen molar-refractivity contribution in [3.05, 3.63) is 48.5 Å². The molecule has 25 heavy (non-hydrogen) atoms. The van der Waals surface area contributed by atoms with Crippen molar-refractivity contribution in [2.24, 2.45) is 7.05 Å². The first-order chi connectivity index (χ1) is 12.2. The minimum atomic E-state index is 0.318. The van der Waals surface area contributed by atoms with Crippen LogP contribution in [0, 0.1) is 6.92 Å². The lowest BCUT2D eigenvalue weighted by atomic mass is 9.94. The fraction of sp³-hybridized carbons (Fsp3) is 0.400. The third kappa shape index (κ3) is 2.34. The van der Waals surface area contributed by atoms with Gasteiger partial charge in [-0.2, -0.15) is 5.10 Å². The van der Waals surface area contributed by atoms with Gasteiger partial charge in [0.1, 0.15) is 0 Å². The first-order valence-electron chi connectivity index (χ1n) is 8.99. The van der Waals surface area contributed by atoms with Gasteiger partial charge in [-0.3, -0.25) is 4.68 Å². The summed E-state index contributed by atoms with van der Waals surface area (Å²) in [5.74, 6) is 0. The molecule has 5 nitrogen and oxygen atoms in total. The van der Waals surface area contributed by atoms with Gasteiger partial charge in [0.05, 0.1) is 41.7 Å². The van der Waals surface area contributed by atoms with Crippen molar-refractivity contribution in [3.8, 4) is 22.5 Å². The fourth-order valence-corrected chi connectivity index (χ4v) is 4.42. The van der Waals surface area contributed by atoms with Crippen LogP contribution in [0.2, 0.25) is 0 Å². The van der Waals surface area contributed by atoms with Crippen LogP contribution < -0.4 is 0 Å². The molecule has 2 aliphatic heterocycles. The summed E-state index contributed by atoms with van der Waals surface area (Å²) < 4.78 is 10.3. The molecular weight excluding hydrogens is 312 g/mol. The molecule has 2 bridgehead atoms. The second-order valence-corrected chi connectivity index (χ2v) is 7.19. The third-order valence-corrected chi connectivity index (χ3v) is 5.54. The van der Waals surface area contributed by atoms with Gasteiger partial charge in [-0.25, -0.2) is 4.98 Å². The molecule has 0 unspecified atom stereocenters. The van der Waals surface area contributed by atoms with Crippen LogP contribution >= 0.6 is 0 Å². The van der Waals surface area contributed by atoms with E-state index < -0.39 is 0 Å². The standard InChI is InChI=1S/C20H22N4O/c1-13-16(11-23(2)22-13)20-19(14-6-4-3-5-7-14)21-12-24(20)17-10-15-8-9-18(17)25-15/h3-7,11-12,15,17-18H,8-10H2,1-2H3/t15-,17+,18+/m1/s1. The van der Waals surface area contributed by atoms with Crippen LogP contribution in [0.5, 0.6) is 0 Å². The first-order valence-corrected chi connectivity index (χ1v) is 8.99. The van der Waals surface area contributed by atoms with E-state index in [0.717, 1.165) is 41.1 Å². The zero-order chi connectivity index (χ0) is 17.0. The first kappa shape index (κ1) is 14.9. The Balaban J connectivity index is 1.69. The summed E-state index contributed by atoms with van der Waals surface area (Å²) in [5, 5.41) is 4.56. The molecule has 0 amide bonds. The molecule has 0 radical (unpaired) electrons. The average Bonchev–Trinajstić information content (AvgIpc) is 3.38. The SMILES string of the molecule is Cc1nn(C)cc1-c1c(-c2ccccc2)ncn1[C@H]1C[C@H]2CC[C@@H]1O2. The summed E-state index contributed by atoms with van der Waals surface area (Å²) >= 11 is 0. The van der Waals surface area contributed by atoms with Crippen LogP contribution in [-0.4, -0.2) is 31.5 Å². The summed E-state index contributed by atoms with van der Waals surface area (Å²) in [6.07, 6.45) is 8.27. The molecule has 3 atom stereocenters. The second kappa shape index (κ2) is 5.56. The molecule has 2 fully saturated rings. The molecule has 5 heteroatoms. The maximum atomic E-state index is 6.11. The zero-order valence-corrected chi connectivity index (χ0v) is 14.6. The normalized spacial score (nSPS) is 25.0. The van der Waals surface area contributed by atoms with Gasteiger partial charge in [0, 0.05) is 24.4 Å². The van der Waals surface area contributed by atoms with E-state index in [1.54, 1.807) is 0 Å². The number of aromatic nitrogens is 4. The van der Waals surface area contributed by atoms with E-state index in [0.29, 0.717) is 18.2 Å². The maximum absolute atomic E-state index is 6.11. The van der Waals surface area contributed by atoms with E-state index in [1.807, 2.05) is 24.1 Å². The lowest BCUT2D eigenvalue weighted by molar-refractivity contribution is 0.0940. The smallest absolute Gasteiger partial charge is 0.0964 e. The summed E-state index contributed by atoms with van der Waals surface area (Å²) in [5.41, 5.74) is 5.52. The van der Waals surface area contributed by atoms with Crippen LogP contribution in [0.15, 0.2) is 42.9 Å². The van der Waals surface area contributed by atoms with Gasteiger partial charge in [-0.15, -0.1) is 0 Å². The van der Waals surface area contributed by atoms with Gasteiger partial charge in [0.15, 0.2) is 0 Å². The molecule has 0 N–H and O–H groups in total. The van der Waals surface area contributed by atoms with Crippen LogP contribution in [0.25, 0.3) is 22.5 Å². The summed E-state index contributed by atoms with van der Waals surface area (Å²) in [7, 11) is 1.97. The largest absolute Gasteiger partial charge is 0.373 e. The highest BCUT2D eigenvalue weighted by Crippen LogP contribution is 2.45. The molecule has 0 saturated carbocycles. The Morgan fingerprint density at radius 2 is 2.00 bits per heavy atom. The van der Waals surface area contributed by atoms with Crippen molar-refractivity contribution in [1.29, 1.82) is 0 Å². The molecular formula is C20H22N4O. The zero-order valence-electron chi connectivity index (χ0n) is 14.6. The Morgan fingerprint density at radius 1 is 1.16 bits per heavy atom. The number of benzene rings is 1. The molecule has 5 rings (SSSR count). The van der Waals surface area contributed by atoms with Gasteiger partial charge in [0.2, 0.25) is 0 Å². The van der Waals surface area contributed by atoms with E-state index in [-0.39, 0.29) is 0 Å². The van der Waals surface area contributed by atoms with Crippen molar-refractivity contribution in [1.82, 2.24) is 19.3 Å². The predicted molar refractivity (Wildman–Crippen MR) is 96.2 cm³/mol. The van der Waals surface area contributed by atoms with E-state index in [9.17, 15) is 0 Å². The summed E-state index contributed by atoms with van der Waals surface area (Å²) in [4.78, 5) is 4.81. The van der Waals surface area contributed by atoms with Crippen molar-refractivity contribution in [2.45, 2.75) is 44.4 Å². The van der Waals surface area contributed by atoms with E-state index in [4.69, 9.17) is 9.72 Å². The monoisotopic (exact) mass is 334 g/mol. The number of hydrogen-bond acceptors (Lipinski definition) is 3. The number of ether oxygens (including phenoxy) is 1. The van der Waals surface area contributed by atoms with Gasteiger partial charge in [0.25, 0.3) is 0 Å². The van der Waals surface area contributed by atoms with Gasteiger partial charge < -0.3 is 9.30 Å². The van der Waals surface area contributed by atoms with Crippen LogP contribution in [0.1, 0.15) is 31.0 Å². The molecule has 2 saturated heterocycles. The number of nitrogens with zero attached hydrogens (tertiary/aromatic N) is 4. The molecule has 0 spiro atoms. The van der Waals surface area contributed by atoms with Crippen LogP contribution in [0.3, 0.4) is 0 Å². The third-order valence-electron chi connectivity index (χ3n) is 5.54. The highest BCUT2D eigenvalue weighted by atomic mass is 16.5. The fourth-order valence-electron chi connectivity index (χ4n) is 4.42. The second-order valence-electron chi connectivity index (χ2n) is 7.19. The Bertz CT molecular complexity index is 911. The Labute approximate surface area is 147 Å². The topological polar surface area (TPSA) is 44.9 Å². The summed E-state index contributed by atoms with van der Waals surface area (Å²) in [6, 6.07) is 10.8. The Hall–Kier alpha value is -2.40. The van der Waals surface area contributed by atoms with Crippen LogP contribution in [-0.2, 0) is 11.8 Å². The predicted octanol–water partition coefficient (Wildman–Crippen LogP) is 3.75. The molecule has 4 heterocycles. The van der Waals surface area contributed by atoms with Crippen molar-refractivity contribution < 1.29 is 4.74 Å². The number of rotatable bonds is 3. The number of imidazole rings is 1. The van der Waals surface area contributed by atoms with Crippen molar-refractivity contribution in [3.63, 3.8) is 0 Å². The number of fused-ring (bicyclic) bond motifs is 2. The minimum absolute atomic E-state index is 0.318. The highest BCUT2D eigenvalue weighted by molar-refractivity contribution is 5.79. The highest BCUT2D eigenvalue weighted by Gasteiger charge is 2.42. The molecule has 2 aliphatic rings. The molecule has 2 aromatic heterocycles.